The van der Waals surface area contributed by atoms with Crippen LogP contribution in [-0.2, 0) is 0 Å². The molecule has 2 aromatic rings. The third kappa shape index (κ3) is 3.03. The number of aromatic nitrogens is 2. The van der Waals surface area contributed by atoms with Crippen molar-refractivity contribution in [3.05, 3.63) is 36.5 Å². The molecule has 3 rings (SSSR count). The first kappa shape index (κ1) is 14.4. The van der Waals surface area contributed by atoms with Crippen molar-refractivity contribution in [3.63, 3.8) is 0 Å². The summed E-state index contributed by atoms with van der Waals surface area (Å²) in [6.45, 7) is 1.36. The maximum absolute atomic E-state index is 12.2. The van der Waals surface area contributed by atoms with Crippen LogP contribution in [0.5, 0.6) is 5.88 Å². The smallest absolute Gasteiger partial charge is 0.289 e. The molecule has 0 radical (unpaired) electrons. The molecule has 0 saturated carbocycles. The van der Waals surface area contributed by atoms with Gasteiger partial charge >= 0.3 is 0 Å². The minimum absolute atomic E-state index is 0.0551. The molecule has 0 aliphatic carbocycles. The van der Waals surface area contributed by atoms with E-state index in [0.29, 0.717) is 30.5 Å². The number of likely N-dealkylation sites (tertiary alicyclic amines) is 1. The third-order valence-electron chi connectivity index (χ3n) is 3.71. The number of piperidine rings is 1. The Morgan fingerprint density at radius 1 is 1.36 bits per heavy atom. The van der Waals surface area contributed by atoms with E-state index in [0.717, 1.165) is 12.8 Å². The first-order valence-corrected chi connectivity index (χ1v) is 7.22. The second-order valence-corrected chi connectivity index (χ2v) is 5.10. The van der Waals surface area contributed by atoms with Crippen molar-refractivity contribution in [1.82, 2.24) is 14.9 Å². The number of hydrogen-bond acceptors (Lipinski definition) is 6. The van der Waals surface area contributed by atoms with E-state index in [-0.39, 0.29) is 11.9 Å². The van der Waals surface area contributed by atoms with Crippen molar-refractivity contribution in [2.75, 3.05) is 25.5 Å². The van der Waals surface area contributed by atoms with Gasteiger partial charge in [-0.25, -0.2) is 9.97 Å². The third-order valence-corrected chi connectivity index (χ3v) is 3.71. The number of nitrogens with zero attached hydrogens (tertiary/aromatic N) is 3. The van der Waals surface area contributed by atoms with Crippen LogP contribution in [0.15, 0.2) is 35.2 Å². The first-order chi connectivity index (χ1) is 10.8. The highest BCUT2D eigenvalue weighted by Crippen LogP contribution is 2.22. The molecule has 0 spiro atoms. The number of carbonyl (C=O) groups excluding carboxylic acids is 1. The molecule has 0 atom stereocenters. The number of hydrogen-bond donors (Lipinski definition) is 1. The number of amides is 1. The molecule has 2 aromatic heterocycles. The highest BCUT2D eigenvalue weighted by atomic mass is 16.5. The van der Waals surface area contributed by atoms with E-state index < -0.39 is 0 Å². The molecule has 1 amide bonds. The van der Waals surface area contributed by atoms with E-state index in [1.165, 1.54) is 6.26 Å². The predicted octanol–water partition coefficient (Wildman–Crippen LogP) is 1.79. The summed E-state index contributed by atoms with van der Waals surface area (Å²) < 4.78 is 10.3. The van der Waals surface area contributed by atoms with E-state index in [9.17, 15) is 4.79 Å². The molecule has 1 saturated heterocycles. The summed E-state index contributed by atoms with van der Waals surface area (Å²) in [4.78, 5) is 22.4. The topological polar surface area (TPSA) is 80.5 Å². The van der Waals surface area contributed by atoms with Gasteiger partial charge in [0.1, 0.15) is 0 Å². The maximum Gasteiger partial charge on any atom is 0.289 e. The summed E-state index contributed by atoms with van der Waals surface area (Å²) in [6.07, 6.45) is 6.41. The van der Waals surface area contributed by atoms with Crippen molar-refractivity contribution >= 4 is 11.7 Å². The van der Waals surface area contributed by atoms with Gasteiger partial charge in [-0.3, -0.25) is 4.79 Å². The van der Waals surface area contributed by atoms with E-state index in [1.54, 1.807) is 31.6 Å². The molecule has 7 nitrogen and oxygen atoms in total. The van der Waals surface area contributed by atoms with Gasteiger partial charge in [0.2, 0.25) is 0 Å². The average Bonchev–Trinajstić information content (AvgIpc) is 3.10. The van der Waals surface area contributed by atoms with Crippen molar-refractivity contribution in [2.45, 2.75) is 18.9 Å². The first-order valence-electron chi connectivity index (χ1n) is 7.22. The minimum Gasteiger partial charge on any atom is -0.478 e. The Balaban J connectivity index is 1.57. The molecule has 0 bridgehead atoms. The summed E-state index contributed by atoms with van der Waals surface area (Å²) in [5.41, 5.74) is 0. The lowest BCUT2D eigenvalue weighted by molar-refractivity contribution is 0.0686. The SMILES string of the molecule is COc1nccnc1NC1CCN(C(=O)c2ccco2)CC1. The van der Waals surface area contributed by atoms with Crippen LogP contribution in [0.1, 0.15) is 23.4 Å². The van der Waals surface area contributed by atoms with Crippen molar-refractivity contribution < 1.29 is 13.9 Å². The number of rotatable bonds is 4. The van der Waals surface area contributed by atoms with Gasteiger partial charge in [0.25, 0.3) is 11.8 Å². The van der Waals surface area contributed by atoms with Crippen LogP contribution in [0.2, 0.25) is 0 Å². The lowest BCUT2D eigenvalue weighted by Crippen LogP contribution is -2.42. The maximum atomic E-state index is 12.2. The predicted molar refractivity (Wildman–Crippen MR) is 79.8 cm³/mol. The molecule has 1 N–H and O–H groups in total. The molecule has 1 aliphatic rings. The van der Waals surface area contributed by atoms with Crippen molar-refractivity contribution in [1.29, 1.82) is 0 Å². The average molecular weight is 302 g/mol. The highest BCUT2D eigenvalue weighted by Gasteiger charge is 2.25. The second-order valence-electron chi connectivity index (χ2n) is 5.10. The van der Waals surface area contributed by atoms with Crippen LogP contribution in [-0.4, -0.2) is 47.0 Å². The fourth-order valence-corrected chi connectivity index (χ4v) is 2.55. The number of anilines is 1. The number of furan rings is 1. The zero-order valence-corrected chi connectivity index (χ0v) is 12.4. The molecule has 1 aliphatic heterocycles. The molecule has 7 heteroatoms. The zero-order valence-electron chi connectivity index (χ0n) is 12.4. The molecule has 1 fully saturated rings. The Hall–Kier alpha value is -2.57. The van der Waals surface area contributed by atoms with Crippen molar-refractivity contribution in [2.24, 2.45) is 0 Å². The Labute approximate surface area is 128 Å². The summed E-state index contributed by atoms with van der Waals surface area (Å²) in [6, 6.07) is 3.66. The monoisotopic (exact) mass is 302 g/mol. The van der Waals surface area contributed by atoms with Crippen LogP contribution in [0.25, 0.3) is 0 Å². The molecule has 0 unspecified atom stereocenters. The van der Waals surface area contributed by atoms with Crippen molar-refractivity contribution in [3.8, 4) is 5.88 Å². The summed E-state index contributed by atoms with van der Waals surface area (Å²) in [5, 5.41) is 3.33. The summed E-state index contributed by atoms with van der Waals surface area (Å²) in [5.74, 6) is 1.46. The largest absolute Gasteiger partial charge is 0.478 e. The Morgan fingerprint density at radius 2 is 2.14 bits per heavy atom. The van der Waals surface area contributed by atoms with E-state index in [2.05, 4.69) is 15.3 Å². The summed E-state index contributed by atoms with van der Waals surface area (Å²) >= 11 is 0. The molecular formula is C15H18N4O3. The van der Waals surface area contributed by atoms with Gasteiger partial charge in [0.15, 0.2) is 11.6 Å². The number of methoxy groups -OCH3 is 1. The number of ether oxygens (including phenoxy) is 1. The van der Waals surface area contributed by atoms with E-state index in [1.807, 2.05) is 4.90 Å². The normalized spacial score (nSPS) is 15.6. The second kappa shape index (κ2) is 6.46. The number of nitrogens with one attached hydrogen (secondary N) is 1. The van der Waals surface area contributed by atoms with Gasteiger partial charge < -0.3 is 19.4 Å². The lowest BCUT2D eigenvalue weighted by Gasteiger charge is -2.32. The molecule has 0 aromatic carbocycles. The van der Waals surface area contributed by atoms with Gasteiger partial charge in [-0.2, -0.15) is 0 Å². The van der Waals surface area contributed by atoms with Crippen LogP contribution >= 0.6 is 0 Å². The van der Waals surface area contributed by atoms with E-state index in [4.69, 9.17) is 9.15 Å². The Morgan fingerprint density at radius 3 is 2.82 bits per heavy atom. The quantitative estimate of drug-likeness (QED) is 0.927. The zero-order chi connectivity index (χ0) is 15.4. The van der Waals surface area contributed by atoms with Gasteiger partial charge in [-0.15, -0.1) is 0 Å². The van der Waals surface area contributed by atoms with Gasteiger partial charge in [0.05, 0.1) is 13.4 Å². The van der Waals surface area contributed by atoms with Gasteiger partial charge in [0, 0.05) is 31.5 Å². The van der Waals surface area contributed by atoms with E-state index >= 15 is 0 Å². The highest BCUT2D eigenvalue weighted by molar-refractivity contribution is 5.91. The Bertz CT molecular complexity index is 621. The fourth-order valence-electron chi connectivity index (χ4n) is 2.55. The van der Waals surface area contributed by atoms with Crippen LogP contribution < -0.4 is 10.1 Å². The number of carbonyl (C=O) groups is 1. The van der Waals surface area contributed by atoms with Crippen LogP contribution in [0.3, 0.4) is 0 Å². The molecule has 116 valence electrons. The minimum atomic E-state index is -0.0551. The summed E-state index contributed by atoms with van der Waals surface area (Å²) in [7, 11) is 1.57. The fraction of sp³-hybridized carbons (Fsp3) is 0.400. The van der Waals surface area contributed by atoms with Crippen LogP contribution in [0.4, 0.5) is 5.82 Å². The lowest BCUT2D eigenvalue weighted by atomic mass is 10.0. The van der Waals surface area contributed by atoms with Gasteiger partial charge in [-0.1, -0.05) is 0 Å². The van der Waals surface area contributed by atoms with Gasteiger partial charge in [-0.05, 0) is 25.0 Å². The molecular weight excluding hydrogens is 284 g/mol. The Kier molecular flexibility index (Phi) is 4.22. The van der Waals surface area contributed by atoms with Crippen LogP contribution in [0, 0.1) is 0 Å². The standard InChI is InChI=1S/C15H18N4O3/c1-21-14-13(16-6-7-17-14)18-11-4-8-19(9-5-11)15(20)12-3-2-10-22-12/h2-3,6-7,10-11H,4-5,8-9H2,1H3,(H,16,18). The molecule has 22 heavy (non-hydrogen) atoms. The molecule has 3 heterocycles.